The molecule has 0 aliphatic carbocycles. The number of carboxylic acid groups (broad SMARTS) is 1. The summed E-state index contributed by atoms with van der Waals surface area (Å²) in [7, 11) is 0. The molecule has 1 unspecified atom stereocenters. The summed E-state index contributed by atoms with van der Waals surface area (Å²) < 4.78 is 24.3. The molecule has 2 heterocycles. The highest BCUT2D eigenvalue weighted by Crippen LogP contribution is 2.24. The summed E-state index contributed by atoms with van der Waals surface area (Å²) in [6, 6.07) is 13.9. The fourth-order valence-electron chi connectivity index (χ4n) is 5.27. The maximum Gasteiger partial charge on any atom is 0.330 e. The first-order valence-corrected chi connectivity index (χ1v) is 17.9. The molecular formula is C41H53FN2O8. The molecule has 52 heavy (non-hydrogen) atoms. The molecule has 1 amide bonds. The van der Waals surface area contributed by atoms with Crippen LogP contribution in [0.5, 0.6) is 5.75 Å². The summed E-state index contributed by atoms with van der Waals surface area (Å²) in [5.74, 6) is -3.30. The highest BCUT2D eigenvalue weighted by molar-refractivity contribution is 6.38. The molecule has 10 nitrogen and oxygen atoms in total. The van der Waals surface area contributed by atoms with Gasteiger partial charge in [0.25, 0.3) is 5.91 Å². The molecule has 1 saturated heterocycles. The van der Waals surface area contributed by atoms with Gasteiger partial charge in [-0.05, 0) is 94.7 Å². The average molecular weight is 721 g/mol. The Morgan fingerprint density at radius 1 is 1.02 bits per heavy atom. The zero-order valence-electron chi connectivity index (χ0n) is 31.4. The highest BCUT2D eigenvalue weighted by Gasteiger charge is 2.41. The third-order valence-corrected chi connectivity index (χ3v) is 8.27. The predicted octanol–water partition coefficient (Wildman–Crippen LogP) is 7.35. The van der Waals surface area contributed by atoms with Crippen molar-refractivity contribution in [3.05, 3.63) is 83.8 Å². The van der Waals surface area contributed by atoms with Gasteiger partial charge in [0.05, 0.1) is 10.9 Å². The predicted molar refractivity (Wildman–Crippen MR) is 198 cm³/mol. The number of halogens is 1. The summed E-state index contributed by atoms with van der Waals surface area (Å²) in [6.45, 7) is 12.3. The normalized spacial score (nSPS) is 14.2. The number of hydrogen-bond acceptors (Lipinski definition) is 8. The standard InChI is InChI=1S/C23H24FNO2.C16H23NO6.C2H6/c1-16(2)23(26)15-27-21-12-17(11-20(24)13-21)6-5-7-18-10-19-8-3-4-9-22(19)25-14-18;1-4-7-12(18)23-10-16(2,3)13(19)14(20)17-9-6-5-8-11(17)15(21)22;1-2/h3-4,8-14,16H,5-7,15H2,1-2H3;4,7,11H,5-6,8-10H2,1-3H3,(H,21,22);1-2H3/b;7-4-;. The van der Waals surface area contributed by atoms with Crippen LogP contribution in [0.1, 0.15) is 85.3 Å². The largest absolute Gasteiger partial charge is 0.486 e. The molecule has 3 aromatic rings. The Labute approximate surface area is 306 Å². The van der Waals surface area contributed by atoms with Gasteiger partial charge >= 0.3 is 11.9 Å². The molecule has 0 radical (unpaired) electrons. The van der Waals surface area contributed by atoms with E-state index < -0.39 is 35.1 Å². The zero-order valence-corrected chi connectivity index (χ0v) is 31.4. The fraction of sp³-hybridized carbons (Fsp3) is 0.463. The Bertz CT molecular complexity index is 1700. The van der Waals surface area contributed by atoms with Crippen LogP contribution in [0, 0.1) is 17.2 Å². The number of hydrogen-bond donors (Lipinski definition) is 1. The van der Waals surface area contributed by atoms with Crippen molar-refractivity contribution < 1.29 is 42.9 Å². The number of aromatic nitrogens is 1. The number of piperidine rings is 1. The van der Waals surface area contributed by atoms with Crippen molar-refractivity contribution in [3.63, 3.8) is 0 Å². The maximum absolute atomic E-state index is 13.9. The Hall–Kier alpha value is -4.93. The minimum atomic E-state index is -1.21. The molecule has 2 aromatic carbocycles. The van der Waals surface area contributed by atoms with E-state index in [0.717, 1.165) is 40.6 Å². The average Bonchev–Trinajstić information content (AvgIpc) is 3.13. The molecule has 1 fully saturated rings. The second-order valence-corrected chi connectivity index (χ2v) is 13.3. The Morgan fingerprint density at radius 3 is 2.38 bits per heavy atom. The lowest BCUT2D eigenvalue weighted by Crippen LogP contribution is -2.53. The number of carboxylic acids is 1. The van der Waals surface area contributed by atoms with Crippen LogP contribution in [0.4, 0.5) is 4.39 Å². The first-order chi connectivity index (χ1) is 24.7. The summed E-state index contributed by atoms with van der Waals surface area (Å²) in [6.07, 6.45) is 8.83. The van der Waals surface area contributed by atoms with Crippen molar-refractivity contribution in [2.75, 3.05) is 19.8 Å². The van der Waals surface area contributed by atoms with E-state index in [2.05, 4.69) is 17.1 Å². The molecule has 1 aromatic heterocycles. The molecule has 0 saturated carbocycles. The van der Waals surface area contributed by atoms with E-state index >= 15 is 0 Å². The van der Waals surface area contributed by atoms with E-state index in [9.17, 15) is 33.5 Å². The highest BCUT2D eigenvalue weighted by atomic mass is 19.1. The van der Waals surface area contributed by atoms with E-state index in [1.165, 1.54) is 43.7 Å². The quantitative estimate of drug-likeness (QED) is 0.103. The van der Waals surface area contributed by atoms with Crippen LogP contribution in [-0.2, 0) is 41.6 Å². The lowest BCUT2D eigenvalue weighted by molar-refractivity contribution is -0.159. The molecule has 4 rings (SSSR count). The van der Waals surface area contributed by atoms with E-state index in [-0.39, 0.29) is 37.3 Å². The van der Waals surface area contributed by atoms with Crippen LogP contribution < -0.4 is 4.74 Å². The molecule has 1 aliphatic rings. The first kappa shape index (κ1) is 43.2. The molecule has 1 atom stereocenters. The third-order valence-electron chi connectivity index (χ3n) is 8.27. The lowest BCUT2D eigenvalue weighted by Gasteiger charge is -2.34. The summed E-state index contributed by atoms with van der Waals surface area (Å²) in [5, 5.41) is 10.3. The number of rotatable bonds is 14. The SMILES string of the molecule is C/C=C\C(=O)OCC(C)(C)C(=O)C(=O)N1CCCCC1C(=O)O.CC.CC(C)C(=O)COc1cc(F)cc(CCCc2cnc3ccccc3c2)c1. The van der Waals surface area contributed by atoms with Crippen LogP contribution in [0.25, 0.3) is 10.9 Å². The number of fused-ring (bicyclic) bond motifs is 1. The minimum absolute atomic E-state index is 0.00427. The van der Waals surface area contributed by atoms with Crippen LogP contribution in [0.15, 0.2) is 66.9 Å². The van der Waals surface area contributed by atoms with E-state index in [0.29, 0.717) is 25.0 Å². The van der Waals surface area contributed by atoms with E-state index in [1.807, 2.05) is 58.2 Å². The van der Waals surface area contributed by atoms with Gasteiger partial charge in [-0.2, -0.15) is 0 Å². The molecular weight excluding hydrogens is 667 g/mol. The number of aliphatic carboxylic acids is 1. The minimum Gasteiger partial charge on any atom is -0.486 e. The van der Waals surface area contributed by atoms with E-state index in [4.69, 9.17) is 9.47 Å². The molecule has 282 valence electrons. The summed E-state index contributed by atoms with van der Waals surface area (Å²) >= 11 is 0. The van der Waals surface area contributed by atoms with Crippen molar-refractivity contribution >= 4 is 40.3 Å². The second-order valence-electron chi connectivity index (χ2n) is 13.3. The molecule has 0 bridgehead atoms. The number of ketones is 2. The molecule has 11 heteroatoms. The third kappa shape index (κ3) is 13.7. The number of para-hydroxylation sites is 1. The van der Waals surface area contributed by atoms with Gasteiger partial charge in [-0.3, -0.25) is 19.4 Å². The number of nitrogens with zero attached hydrogens (tertiary/aromatic N) is 2. The molecule has 1 aliphatic heterocycles. The Kier molecular flexibility index (Phi) is 17.8. The summed E-state index contributed by atoms with van der Waals surface area (Å²) in [5.41, 5.74) is 1.82. The number of esters is 1. The topological polar surface area (TPSA) is 140 Å². The van der Waals surface area contributed by atoms with E-state index in [1.54, 1.807) is 6.92 Å². The number of allylic oxidation sites excluding steroid dienone is 1. The smallest absolute Gasteiger partial charge is 0.330 e. The van der Waals surface area contributed by atoms with Gasteiger partial charge < -0.3 is 19.5 Å². The first-order valence-electron chi connectivity index (χ1n) is 17.9. The number of carbonyl (C=O) groups is 5. The monoisotopic (exact) mass is 720 g/mol. The molecule has 0 spiro atoms. The maximum atomic E-state index is 13.9. The van der Waals surface area contributed by atoms with Gasteiger partial charge in [-0.25, -0.2) is 14.0 Å². The number of carbonyl (C=O) groups excluding carboxylic acids is 4. The number of benzene rings is 2. The zero-order chi connectivity index (χ0) is 38.8. The van der Waals surface area contributed by atoms with Gasteiger partial charge in [0.1, 0.15) is 30.8 Å². The molecule has 1 N–H and O–H groups in total. The lowest BCUT2D eigenvalue weighted by atomic mass is 9.87. The number of aryl methyl sites for hydroxylation is 2. The van der Waals surface area contributed by atoms with Crippen LogP contribution >= 0.6 is 0 Å². The van der Waals surface area contributed by atoms with Gasteiger partial charge in [0, 0.05) is 36.2 Å². The number of pyridine rings is 1. The number of amides is 1. The van der Waals surface area contributed by atoms with Gasteiger partial charge in [0.15, 0.2) is 5.78 Å². The van der Waals surface area contributed by atoms with Crippen molar-refractivity contribution in [2.45, 2.75) is 93.0 Å². The fourth-order valence-corrected chi connectivity index (χ4v) is 5.27. The summed E-state index contributed by atoms with van der Waals surface area (Å²) in [4.78, 5) is 64.7. The van der Waals surface area contributed by atoms with Crippen molar-refractivity contribution in [1.29, 1.82) is 0 Å². The van der Waals surface area contributed by atoms with Crippen molar-refractivity contribution in [1.82, 2.24) is 9.88 Å². The van der Waals surface area contributed by atoms with Crippen molar-refractivity contribution in [3.8, 4) is 5.75 Å². The number of Topliss-reactive ketones (excluding diaryl/α,β-unsaturated/α-hetero) is 2. The second kappa shape index (κ2) is 21.4. The van der Waals surface area contributed by atoms with Crippen LogP contribution in [0.3, 0.4) is 0 Å². The van der Waals surface area contributed by atoms with Gasteiger partial charge in [-0.1, -0.05) is 52.0 Å². The van der Waals surface area contributed by atoms with Crippen LogP contribution in [0.2, 0.25) is 0 Å². The van der Waals surface area contributed by atoms with Crippen LogP contribution in [-0.4, -0.2) is 70.2 Å². The Morgan fingerprint density at radius 2 is 1.71 bits per heavy atom. The number of ether oxygens (including phenoxy) is 2. The number of likely N-dealkylation sites (tertiary alicyclic amines) is 1. The van der Waals surface area contributed by atoms with Gasteiger partial charge in [0.2, 0.25) is 5.78 Å². The van der Waals surface area contributed by atoms with Crippen molar-refractivity contribution in [2.24, 2.45) is 11.3 Å². The Balaban J connectivity index is 0.000000349. The van der Waals surface area contributed by atoms with Gasteiger partial charge in [-0.15, -0.1) is 0 Å².